The molecule has 2 heterocycles. The highest BCUT2D eigenvalue weighted by atomic mass is 16.6. The number of nitrogens with zero attached hydrogens (tertiary/aromatic N) is 3. The molecule has 1 aromatic heterocycles. The lowest BCUT2D eigenvalue weighted by atomic mass is 10.2. The van der Waals surface area contributed by atoms with E-state index in [1.54, 1.807) is 12.1 Å². The van der Waals surface area contributed by atoms with Crippen LogP contribution in [0.3, 0.4) is 0 Å². The van der Waals surface area contributed by atoms with Gasteiger partial charge >= 0.3 is 6.01 Å². The van der Waals surface area contributed by atoms with Crippen LogP contribution in [0.2, 0.25) is 0 Å². The van der Waals surface area contributed by atoms with Crippen LogP contribution in [0, 0.1) is 10.1 Å². The Morgan fingerprint density at radius 1 is 1.33 bits per heavy atom. The molecule has 1 saturated heterocycles. The van der Waals surface area contributed by atoms with E-state index in [9.17, 15) is 14.9 Å². The Kier molecular flexibility index (Phi) is 4.62. The minimum Gasteiger partial charge on any atom is -0.405 e. The van der Waals surface area contributed by atoms with Gasteiger partial charge in [0.2, 0.25) is 5.89 Å². The number of hydrogen-bond acceptors (Lipinski definition) is 7. The van der Waals surface area contributed by atoms with E-state index in [2.05, 4.69) is 15.5 Å². The van der Waals surface area contributed by atoms with E-state index >= 15 is 0 Å². The SMILES string of the molecule is O=C(C=Cc1ccc([N+](=O)[O-])cc1)Nc1nnc(C2CCCO2)o1. The number of aromatic nitrogens is 2. The smallest absolute Gasteiger partial charge is 0.322 e. The van der Waals surface area contributed by atoms with Gasteiger partial charge < -0.3 is 9.15 Å². The second kappa shape index (κ2) is 7.01. The van der Waals surface area contributed by atoms with Crippen molar-refractivity contribution in [1.29, 1.82) is 0 Å². The quantitative estimate of drug-likeness (QED) is 0.508. The zero-order valence-electron chi connectivity index (χ0n) is 12.5. The van der Waals surface area contributed by atoms with E-state index in [0.29, 0.717) is 18.1 Å². The molecule has 1 unspecified atom stereocenters. The number of nitro groups is 1. The number of benzene rings is 1. The number of rotatable bonds is 5. The highest BCUT2D eigenvalue weighted by Crippen LogP contribution is 2.28. The molecule has 1 aliphatic heterocycles. The van der Waals surface area contributed by atoms with Crippen molar-refractivity contribution in [3.63, 3.8) is 0 Å². The second-order valence-electron chi connectivity index (χ2n) is 5.12. The van der Waals surface area contributed by atoms with Crippen LogP contribution in [0.4, 0.5) is 11.7 Å². The van der Waals surface area contributed by atoms with Crippen molar-refractivity contribution in [2.75, 3.05) is 11.9 Å². The fraction of sp³-hybridized carbons (Fsp3) is 0.267. The Morgan fingerprint density at radius 3 is 2.79 bits per heavy atom. The molecular formula is C15H14N4O5. The van der Waals surface area contributed by atoms with E-state index in [-0.39, 0.29) is 17.8 Å². The summed E-state index contributed by atoms with van der Waals surface area (Å²) in [6.45, 7) is 0.659. The summed E-state index contributed by atoms with van der Waals surface area (Å²) in [7, 11) is 0. The predicted molar refractivity (Wildman–Crippen MR) is 83.0 cm³/mol. The number of nitrogens with one attached hydrogen (secondary N) is 1. The van der Waals surface area contributed by atoms with E-state index in [1.807, 2.05) is 0 Å². The molecule has 0 spiro atoms. The Morgan fingerprint density at radius 2 is 2.12 bits per heavy atom. The number of nitro benzene ring substituents is 1. The van der Waals surface area contributed by atoms with Crippen molar-refractivity contribution in [3.8, 4) is 0 Å². The van der Waals surface area contributed by atoms with Crippen LogP contribution < -0.4 is 5.32 Å². The first-order chi connectivity index (χ1) is 11.6. The van der Waals surface area contributed by atoms with Crippen molar-refractivity contribution in [3.05, 3.63) is 51.9 Å². The van der Waals surface area contributed by atoms with Gasteiger partial charge in [-0.25, -0.2) is 0 Å². The minimum absolute atomic E-state index is 0.00107. The van der Waals surface area contributed by atoms with Gasteiger partial charge in [-0.3, -0.25) is 20.2 Å². The van der Waals surface area contributed by atoms with Gasteiger partial charge in [-0.05, 0) is 36.6 Å². The molecule has 0 radical (unpaired) electrons. The maximum Gasteiger partial charge on any atom is 0.322 e. The highest BCUT2D eigenvalue weighted by Gasteiger charge is 2.23. The summed E-state index contributed by atoms with van der Waals surface area (Å²) in [5.74, 6) is -0.0990. The topological polar surface area (TPSA) is 120 Å². The maximum atomic E-state index is 11.8. The fourth-order valence-corrected chi connectivity index (χ4v) is 2.21. The van der Waals surface area contributed by atoms with Gasteiger partial charge in [0.25, 0.3) is 11.6 Å². The third-order valence-corrected chi connectivity index (χ3v) is 3.41. The van der Waals surface area contributed by atoms with Gasteiger partial charge in [0, 0.05) is 24.8 Å². The molecule has 124 valence electrons. The van der Waals surface area contributed by atoms with Gasteiger partial charge in [0.1, 0.15) is 6.10 Å². The summed E-state index contributed by atoms with van der Waals surface area (Å²) in [4.78, 5) is 21.9. The first-order valence-electron chi connectivity index (χ1n) is 7.30. The van der Waals surface area contributed by atoms with E-state index in [0.717, 1.165) is 12.8 Å². The molecule has 24 heavy (non-hydrogen) atoms. The molecule has 1 aromatic carbocycles. The Hall–Kier alpha value is -3.07. The van der Waals surface area contributed by atoms with Crippen LogP contribution in [0.1, 0.15) is 30.4 Å². The molecule has 1 N–H and O–H groups in total. The molecular weight excluding hydrogens is 316 g/mol. The Labute approximate surface area is 136 Å². The average molecular weight is 330 g/mol. The number of ether oxygens (including phenoxy) is 1. The molecule has 0 aliphatic carbocycles. The van der Waals surface area contributed by atoms with Gasteiger partial charge in [-0.1, -0.05) is 5.10 Å². The van der Waals surface area contributed by atoms with Crippen molar-refractivity contribution in [1.82, 2.24) is 10.2 Å². The van der Waals surface area contributed by atoms with E-state index in [4.69, 9.17) is 9.15 Å². The number of amides is 1. The molecule has 1 atom stereocenters. The lowest BCUT2D eigenvalue weighted by molar-refractivity contribution is -0.384. The number of carbonyl (C=O) groups excluding carboxylic acids is 1. The van der Waals surface area contributed by atoms with Crippen molar-refractivity contribution in [2.45, 2.75) is 18.9 Å². The van der Waals surface area contributed by atoms with Crippen molar-refractivity contribution >= 4 is 23.7 Å². The Bertz CT molecular complexity index is 762. The predicted octanol–water partition coefficient (Wildman–Crippen LogP) is 2.48. The normalized spacial score (nSPS) is 17.2. The molecule has 9 heteroatoms. The summed E-state index contributed by atoms with van der Waals surface area (Å²) in [6.07, 6.45) is 4.34. The summed E-state index contributed by atoms with van der Waals surface area (Å²) in [5, 5.41) is 20.6. The van der Waals surface area contributed by atoms with Crippen LogP contribution in [-0.2, 0) is 9.53 Å². The zero-order valence-corrected chi connectivity index (χ0v) is 12.5. The van der Waals surface area contributed by atoms with Crippen LogP contribution in [-0.4, -0.2) is 27.6 Å². The minimum atomic E-state index is -0.485. The van der Waals surface area contributed by atoms with Gasteiger partial charge in [-0.15, -0.1) is 5.10 Å². The van der Waals surface area contributed by atoms with Crippen LogP contribution in [0.25, 0.3) is 6.08 Å². The third-order valence-electron chi connectivity index (χ3n) is 3.41. The molecule has 3 rings (SSSR count). The number of hydrogen-bond donors (Lipinski definition) is 1. The molecule has 9 nitrogen and oxygen atoms in total. The van der Waals surface area contributed by atoms with Crippen molar-refractivity contribution in [2.24, 2.45) is 0 Å². The van der Waals surface area contributed by atoms with E-state index < -0.39 is 10.8 Å². The van der Waals surface area contributed by atoms with E-state index in [1.165, 1.54) is 24.3 Å². The van der Waals surface area contributed by atoms with Crippen LogP contribution in [0.5, 0.6) is 0 Å². The molecule has 0 saturated carbocycles. The molecule has 0 bridgehead atoms. The number of carbonyl (C=O) groups is 1. The lowest BCUT2D eigenvalue weighted by Gasteiger charge is -2.01. The van der Waals surface area contributed by atoms with Gasteiger partial charge in [-0.2, -0.15) is 0 Å². The molecule has 1 amide bonds. The van der Waals surface area contributed by atoms with Gasteiger partial charge in [0.05, 0.1) is 4.92 Å². The average Bonchev–Trinajstić information content (AvgIpc) is 3.24. The number of anilines is 1. The molecule has 2 aromatic rings. The molecule has 1 aliphatic rings. The summed E-state index contributed by atoms with van der Waals surface area (Å²) >= 11 is 0. The summed E-state index contributed by atoms with van der Waals surface area (Å²) in [5.41, 5.74) is 0.644. The van der Waals surface area contributed by atoms with Crippen LogP contribution >= 0.6 is 0 Å². The summed E-state index contributed by atoms with van der Waals surface area (Å²) < 4.78 is 10.8. The lowest BCUT2D eigenvalue weighted by Crippen LogP contribution is -2.07. The third kappa shape index (κ3) is 3.82. The standard InChI is InChI=1S/C15H14N4O5/c20-13(8-5-10-3-6-11(7-4-10)19(21)22)16-15-18-17-14(24-15)12-2-1-9-23-12/h3-8,12H,1-2,9H2,(H,16,18,20). The van der Waals surface area contributed by atoms with Crippen LogP contribution in [0.15, 0.2) is 34.8 Å². The summed E-state index contributed by atoms with van der Waals surface area (Å²) in [6, 6.07) is 5.82. The van der Waals surface area contributed by atoms with Gasteiger partial charge in [0.15, 0.2) is 0 Å². The maximum absolute atomic E-state index is 11.8. The largest absolute Gasteiger partial charge is 0.405 e. The Balaban J connectivity index is 1.57. The number of non-ortho nitro benzene ring substituents is 1. The fourth-order valence-electron chi connectivity index (χ4n) is 2.21. The highest BCUT2D eigenvalue weighted by molar-refractivity contribution is 6.00. The first-order valence-corrected chi connectivity index (χ1v) is 7.30. The molecule has 1 fully saturated rings. The zero-order chi connectivity index (χ0) is 16.9. The monoisotopic (exact) mass is 330 g/mol. The first kappa shape index (κ1) is 15.8. The van der Waals surface area contributed by atoms with Crippen molar-refractivity contribution < 1.29 is 18.9 Å². The second-order valence-corrected chi connectivity index (χ2v) is 5.12.